The third kappa shape index (κ3) is 12.8. The summed E-state index contributed by atoms with van der Waals surface area (Å²) in [5.74, 6) is -0.0159. The number of carbonyl (C=O) groups is 2. The summed E-state index contributed by atoms with van der Waals surface area (Å²) in [6.07, 6.45) is 2.06. The molecule has 2 N–H and O–H groups in total. The normalized spacial score (nSPS) is 10.9. The Balaban J connectivity index is 3.30. The van der Waals surface area contributed by atoms with Gasteiger partial charge in [-0.1, -0.05) is 0 Å². The molecular formula is C12H24N2O4. The van der Waals surface area contributed by atoms with Crippen molar-refractivity contribution in [3.63, 3.8) is 0 Å². The third-order valence-electron chi connectivity index (χ3n) is 1.85. The van der Waals surface area contributed by atoms with Gasteiger partial charge in [0.1, 0.15) is 5.60 Å². The van der Waals surface area contributed by atoms with Gasteiger partial charge in [0.25, 0.3) is 0 Å². The van der Waals surface area contributed by atoms with Crippen molar-refractivity contribution in [2.24, 2.45) is 0 Å². The molecule has 106 valence electrons. The van der Waals surface area contributed by atoms with E-state index in [0.29, 0.717) is 13.2 Å². The Kier molecular flexibility index (Phi) is 8.11. The number of hydrogen-bond donors (Lipinski definition) is 2. The maximum Gasteiger partial charge on any atom is 0.431 e. The molecule has 2 amide bonds. The second-order valence-electron chi connectivity index (χ2n) is 5.00. The lowest BCUT2D eigenvalue weighted by atomic mass is 10.2. The van der Waals surface area contributed by atoms with Crippen LogP contribution in [0.3, 0.4) is 0 Å². The number of rotatable bonds is 7. The average molecular weight is 260 g/mol. The summed E-state index contributed by atoms with van der Waals surface area (Å²) in [5, 5.41) is 2.71. The SMILES string of the molecule is CC(=O)NCCCCCONC(=O)OC(C)(C)C. The molecule has 0 bridgehead atoms. The molecule has 0 aliphatic carbocycles. The Bertz CT molecular complexity index is 261. The van der Waals surface area contributed by atoms with Gasteiger partial charge in [-0.05, 0) is 40.0 Å². The minimum atomic E-state index is -0.583. The van der Waals surface area contributed by atoms with Crippen molar-refractivity contribution in [2.75, 3.05) is 13.2 Å². The first-order valence-electron chi connectivity index (χ1n) is 6.16. The summed E-state index contributed by atoms with van der Waals surface area (Å²) < 4.78 is 4.99. The third-order valence-corrected chi connectivity index (χ3v) is 1.85. The predicted octanol–water partition coefficient (Wildman–Crippen LogP) is 1.75. The Labute approximate surface area is 108 Å². The molecule has 0 saturated carbocycles. The van der Waals surface area contributed by atoms with Gasteiger partial charge in [0.15, 0.2) is 0 Å². The predicted molar refractivity (Wildman–Crippen MR) is 67.9 cm³/mol. The van der Waals surface area contributed by atoms with Crippen LogP contribution in [0.2, 0.25) is 0 Å². The molecule has 6 nitrogen and oxygen atoms in total. The van der Waals surface area contributed by atoms with E-state index in [1.165, 1.54) is 6.92 Å². The fourth-order valence-corrected chi connectivity index (χ4v) is 1.15. The first-order valence-corrected chi connectivity index (χ1v) is 6.16. The van der Waals surface area contributed by atoms with Gasteiger partial charge in [0, 0.05) is 13.5 Å². The zero-order valence-electron chi connectivity index (χ0n) is 11.7. The van der Waals surface area contributed by atoms with Crippen molar-refractivity contribution in [1.82, 2.24) is 10.8 Å². The lowest BCUT2D eigenvalue weighted by Crippen LogP contribution is -2.32. The molecule has 0 atom stereocenters. The molecule has 0 saturated heterocycles. The van der Waals surface area contributed by atoms with Gasteiger partial charge in [0.05, 0.1) is 6.61 Å². The highest BCUT2D eigenvalue weighted by Crippen LogP contribution is 2.06. The lowest BCUT2D eigenvalue weighted by molar-refractivity contribution is -0.118. The topological polar surface area (TPSA) is 76.7 Å². The molecule has 0 unspecified atom stereocenters. The van der Waals surface area contributed by atoms with Crippen molar-refractivity contribution in [3.05, 3.63) is 0 Å². The van der Waals surface area contributed by atoms with E-state index in [-0.39, 0.29) is 5.91 Å². The maximum absolute atomic E-state index is 11.2. The lowest BCUT2D eigenvalue weighted by Gasteiger charge is -2.19. The van der Waals surface area contributed by atoms with E-state index in [4.69, 9.17) is 9.57 Å². The number of unbranched alkanes of at least 4 members (excludes halogenated alkanes) is 2. The molecule has 0 aromatic rings. The van der Waals surface area contributed by atoms with Crippen LogP contribution in [0.4, 0.5) is 4.79 Å². The van der Waals surface area contributed by atoms with Crippen LogP contribution in [0.15, 0.2) is 0 Å². The second kappa shape index (κ2) is 8.74. The zero-order valence-corrected chi connectivity index (χ0v) is 11.7. The molecule has 0 heterocycles. The summed E-state index contributed by atoms with van der Waals surface area (Å²) in [7, 11) is 0. The zero-order chi connectivity index (χ0) is 14.0. The van der Waals surface area contributed by atoms with E-state index >= 15 is 0 Å². The molecule has 0 aliphatic rings. The highest BCUT2D eigenvalue weighted by atomic mass is 16.7. The van der Waals surface area contributed by atoms with Crippen molar-refractivity contribution in [1.29, 1.82) is 0 Å². The van der Waals surface area contributed by atoms with Crippen LogP contribution in [-0.2, 0) is 14.4 Å². The summed E-state index contributed by atoms with van der Waals surface area (Å²) in [4.78, 5) is 26.7. The smallest absolute Gasteiger partial charge is 0.431 e. The Morgan fingerprint density at radius 2 is 1.78 bits per heavy atom. The van der Waals surface area contributed by atoms with E-state index in [9.17, 15) is 9.59 Å². The minimum Gasteiger partial charge on any atom is -0.442 e. The van der Waals surface area contributed by atoms with E-state index < -0.39 is 11.7 Å². The first-order chi connectivity index (χ1) is 8.31. The number of ether oxygens (including phenoxy) is 1. The summed E-state index contributed by atoms with van der Waals surface area (Å²) in [6.45, 7) is 7.96. The molecular weight excluding hydrogens is 236 g/mol. The Morgan fingerprint density at radius 3 is 2.33 bits per heavy atom. The van der Waals surface area contributed by atoms with Gasteiger partial charge < -0.3 is 10.1 Å². The van der Waals surface area contributed by atoms with Crippen LogP contribution in [0.1, 0.15) is 47.0 Å². The second-order valence-corrected chi connectivity index (χ2v) is 5.00. The van der Waals surface area contributed by atoms with Gasteiger partial charge in [0.2, 0.25) is 5.91 Å². The maximum atomic E-state index is 11.2. The number of carbonyl (C=O) groups excluding carboxylic acids is 2. The van der Waals surface area contributed by atoms with E-state index in [0.717, 1.165) is 19.3 Å². The van der Waals surface area contributed by atoms with Crippen molar-refractivity contribution in [3.8, 4) is 0 Å². The fraction of sp³-hybridized carbons (Fsp3) is 0.833. The Morgan fingerprint density at radius 1 is 1.11 bits per heavy atom. The van der Waals surface area contributed by atoms with Crippen molar-refractivity contribution < 1.29 is 19.2 Å². The van der Waals surface area contributed by atoms with Crippen molar-refractivity contribution in [2.45, 2.75) is 52.6 Å². The molecule has 0 rings (SSSR count). The van der Waals surface area contributed by atoms with Gasteiger partial charge in [-0.15, -0.1) is 0 Å². The summed E-state index contributed by atoms with van der Waals surface area (Å²) in [5.41, 5.74) is 1.70. The largest absolute Gasteiger partial charge is 0.442 e. The van der Waals surface area contributed by atoms with E-state index in [2.05, 4.69) is 10.8 Å². The van der Waals surface area contributed by atoms with Gasteiger partial charge in [-0.3, -0.25) is 9.63 Å². The average Bonchev–Trinajstić information content (AvgIpc) is 2.18. The monoisotopic (exact) mass is 260 g/mol. The van der Waals surface area contributed by atoms with Crippen LogP contribution in [-0.4, -0.2) is 30.8 Å². The van der Waals surface area contributed by atoms with Crippen LogP contribution in [0.25, 0.3) is 0 Å². The van der Waals surface area contributed by atoms with Gasteiger partial charge in [-0.25, -0.2) is 4.79 Å². The minimum absolute atomic E-state index is 0.0159. The van der Waals surface area contributed by atoms with Gasteiger partial charge in [-0.2, -0.15) is 5.48 Å². The molecule has 6 heteroatoms. The van der Waals surface area contributed by atoms with Crippen LogP contribution >= 0.6 is 0 Å². The molecule has 18 heavy (non-hydrogen) atoms. The summed E-state index contributed by atoms with van der Waals surface area (Å²) >= 11 is 0. The highest BCUT2D eigenvalue weighted by Gasteiger charge is 2.15. The fourth-order valence-electron chi connectivity index (χ4n) is 1.15. The number of nitrogens with one attached hydrogen (secondary N) is 2. The first kappa shape index (κ1) is 16.7. The molecule has 0 radical (unpaired) electrons. The van der Waals surface area contributed by atoms with Crippen LogP contribution < -0.4 is 10.8 Å². The number of amides is 2. The van der Waals surface area contributed by atoms with Gasteiger partial charge >= 0.3 is 6.09 Å². The standard InChI is InChI=1S/C12H24N2O4/c1-10(15)13-8-6-5-7-9-17-14-11(16)18-12(2,3)4/h5-9H2,1-4H3,(H,13,15)(H,14,16). The van der Waals surface area contributed by atoms with Crippen molar-refractivity contribution >= 4 is 12.0 Å². The molecule has 0 fully saturated rings. The molecule has 0 aromatic carbocycles. The molecule has 0 aliphatic heterocycles. The number of hydroxylamine groups is 1. The quantitative estimate of drug-likeness (QED) is 0.540. The summed E-state index contributed by atoms with van der Waals surface area (Å²) in [6, 6.07) is 0. The van der Waals surface area contributed by atoms with Crippen LogP contribution in [0.5, 0.6) is 0 Å². The molecule has 0 aromatic heterocycles. The Hall–Kier alpha value is -1.30. The molecule has 0 spiro atoms. The highest BCUT2D eigenvalue weighted by molar-refractivity contribution is 5.72. The van der Waals surface area contributed by atoms with E-state index in [1.807, 2.05) is 0 Å². The van der Waals surface area contributed by atoms with Crippen LogP contribution in [0, 0.1) is 0 Å². The van der Waals surface area contributed by atoms with E-state index in [1.54, 1.807) is 20.8 Å². The number of hydrogen-bond acceptors (Lipinski definition) is 4.